The number of rotatable bonds is 3. The topological polar surface area (TPSA) is 0 Å². The van der Waals surface area contributed by atoms with E-state index in [1.54, 1.807) is 6.56 Å². The fourth-order valence-electron chi connectivity index (χ4n) is 8.06. The van der Waals surface area contributed by atoms with Crippen molar-refractivity contribution in [2.24, 2.45) is 0 Å². The first-order valence-electron chi connectivity index (χ1n) is 14.1. The van der Waals surface area contributed by atoms with E-state index in [0.717, 1.165) is 12.8 Å². The van der Waals surface area contributed by atoms with Crippen LogP contribution in [0.5, 0.6) is 0 Å². The number of aryl methyl sites for hydroxylation is 1. The monoisotopic (exact) mass is 644 g/mol. The van der Waals surface area contributed by atoms with Gasteiger partial charge in [0.1, 0.15) is 0 Å². The molecular formula is C37H40Cl2Zr. The summed E-state index contributed by atoms with van der Waals surface area (Å²) in [5.41, 5.74) is 13.0. The minimum atomic E-state index is -4.05. The molecule has 0 spiro atoms. The standard InChI is InChI=1S/C23H21.C7H7.C5H5.CH3.CH2.2ClH.Zr/c1-22(2)7-5-14-10-18-16(12-20(14)22)9-17-13-21-15(11-19(17)18)6-8-23(21,3)4;1-7-5-3-2-4-6-7;1-2-4-5-3-1;;;;;/h5-7,10-13H,9H2,1-4H3;3-6H,1H3;1-3H,4H2;1H3;1H2;2*1H;. The molecule has 0 atom stereocenters. The van der Waals surface area contributed by atoms with E-state index in [-0.39, 0.29) is 35.6 Å². The third-order valence-electron chi connectivity index (χ3n) is 10.4. The molecule has 0 fully saturated rings. The Morgan fingerprint density at radius 2 is 1.45 bits per heavy atom. The molecule has 0 amide bonds. The first kappa shape index (κ1) is 29.4. The van der Waals surface area contributed by atoms with Gasteiger partial charge in [0.05, 0.1) is 0 Å². The molecule has 0 heterocycles. The third kappa shape index (κ3) is 3.84. The maximum absolute atomic E-state index is 5.34. The molecular weight excluding hydrogens is 607 g/mol. The van der Waals surface area contributed by atoms with Crippen molar-refractivity contribution in [3.8, 4) is 11.1 Å². The zero-order chi connectivity index (χ0) is 26.7. The molecule has 7 rings (SSSR count). The Bertz CT molecular complexity index is 1770. The second-order valence-corrected chi connectivity index (χ2v) is 28.0. The van der Waals surface area contributed by atoms with Gasteiger partial charge >= 0.3 is 230 Å². The van der Waals surface area contributed by atoms with Crippen LogP contribution in [0.4, 0.5) is 0 Å². The van der Waals surface area contributed by atoms with Crippen molar-refractivity contribution in [1.29, 1.82) is 0 Å². The molecule has 0 nitrogen and oxygen atoms in total. The predicted octanol–water partition coefficient (Wildman–Crippen LogP) is 9.69. The summed E-state index contributed by atoms with van der Waals surface area (Å²) in [4.78, 5) is 0. The van der Waals surface area contributed by atoms with E-state index in [4.69, 9.17) is 4.21 Å². The van der Waals surface area contributed by atoms with Gasteiger partial charge in [0.25, 0.3) is 0 Å². The summed E-state index contributed by atoms with van der Waals surface area (Å²) in [5, 5.41) is 0. The normalized spacial score (nSPS) is 18.7. The minimum absolute atomic E-state index is 0. The molecule has 0 radical (unpaired) electrons. The molecule has 0 unspecified atom stereocenters. The number of hydrogen-bond donors (Lipinski definition) is 0. The van der Waals surface area contributed by atoms with Gasteiger partial charge in [-0.2, -0.15) is 0 Å². The van der Waals surface area contributed by atoms with Crippen LogP contribution in [0.1, 0.15) is 73.1 Å². The zero-order valence-electron chi connectivity index (χ0n) is 24.5. The molecule has 40 heavy (non-hydrogen) atoms. The van der Waals surface area contributed by atoms with E-state index in [1.165, 1.54) is 53.3 Å². The van der Waals surface area contributed by atoms with Crippen LogP contribution in [-0.2, 0) is 35.5 Å². The van der Waals surface area contributed by atoms with E-state index in [1.807, 2.05) is 0 Å². The third-order valence-corrected chi connectivity index (χ3v) is 25.8. The van der Waals surface area contributed by atoms with Gasteiger partial charge in [-0.3, -0.25) is 0 Å². The van der Waals surface area contributed by atoms with Crippen LogP contribution in [-0.4, -0.2) is 4.21 Å². The first-order chi connectivity index (χ1) is 17.9. The van der Waals surface area contributed by atoms with Crippen molar-refractivity contribution in [1.82, 2.24) is 0 Å². The van der Waals surface area contributed by atoms with Crippen molar-refractivity contribution >= 4 is 44.4 Å². The summed E-state index contributed by atoms with van der Waals surface area (Å²) in [6, 6.07) is 19.3. The summed E-state index contributed by atoms with van der Waals surface area (Å²) in [7, 11) is 0. The Balaban J connectivity index is 0.00000161. The molecule has 0 saturated heterocycles. The summed E-state index contributed by atoms with van der Waals surface area (Å²) < 4.78 is 12.6. The van der Waals surface area contributed by atoms with Crippen molar-refractivity contribution in [2.45, 2.75) is 62.9 Å². The molecule has 206 valence electrons. The van der Waals surface area contributed by atoms with Gasteiger partial charge in [-0.1, -0.05) is 0 Å². The maximum atomic E-state index is 5.34. The van der Waals surface area contributed by atoms with Crippen molar-refractivity contribution < 1.29 is 18.3 Å². The summed E-state index contributed by atoms with van der Waals surface area (Å²) in [5.74, 6) is 0. The average Bonchev–Trinajstić information content (AvgIpc) is 3.63. The fraction of sp³-hybridized carbons (Fsp3) is 0.270. The Morgan fingerprint density at radius 1 is 0.825 bits per heavy atom. The second kappa shape index (κ2) is 9.23. The Labute approximate surface area is 253 Å². The van der Waals surface area contributed by atoms with E-state index in [9.17, 15) is 0 Å². The summed E-state index contributed by atoms with van der Waals surface area (Å²) >= 11 is -4.05. The molecule has 3 heteroatoms. The molecule has 0 aromatic heterocycles. The quantitative estimate of drug-likeness (QED) is 0.208. The molecule has 0 bridgehead atoms. The number of benzene rings is 3. The van der Waals surface area contributed by atoms with Gasteiger partial charge in [-0.05, 0) is 0 Å². The molecule has 3 aromatic carbocycles. The van der Waals surface area contributed by atoms with Crippen LogP contribution >= 0.6 is 24.8 Å². The second-order valence-electron chi connectivity index (χ2n) is 13.8. The van der Waals surface area contributed by atoms with Gasteiger partial charge in [-0.15, -0.1) is 24.8 Å². The number of fused-ring (bicyclic) bond motifs is 5. The van der Waals surface area contributed by atoms with Crippen molar-refractivity contribution in [3.63, 3.8) is 0 Å². The van der Waals surface area contributed by atoms with Gasteiger partial charge in [0.15, 0.2) is 0 Å². The van der Waals surface area contributed by atoms with Gasteiger partial charge in [0, 0.05) is 0 Å². The summed E-state index contributed by atoms with van der Waals surface area (Å²) in [6.07, 6.45) is 16.3. The zero-order valence-corrected chi connectivity index (χ0v) is 28.6. The van der Waals surface area contributed by atoms with Crippen LogP contribution in [0.15, 0.2) is 79.4 Å². The van der Waals surface area contributed by atoms with Crippen LogP contribution < -0.4 is 3.27 Å². The summed E-state index contributed by atoms with van der Waals surface area (Å²) in [6.45, 7) is 11.8. The molecule has 4 aliphatic carbocycles. The van der Waals surface area contributed by atoms with Crippen molar-refractivity contribution in [3.05, 3.63) is 118 Å². The molecule has 0 saturated carbocycles. The van der Waals surface area contributed by atoms with Crippen LogP contribution in [0.25, 0.3) is 23.3 Å². The number of halogens is 2. The molecule has 0 N–H and O–H groups in total. The molecule has 4 aliphatic rings. The van der Waals surface area contributed by atoms with Crippen molar-refractivity contribution in [2.75, 3.05) is 0 Å². The van der Waals surface area contributed by atoms with Crippen LogP contribution in [0.2, 0.25) is 4.63 Å². The van der Waals surface area contributed by atoms with E-state index in [2.05, 4.69) is 124 Å². The van der Waals surface area contributed by atoms with E-state index < -0.39 is 18.3 Å². The van der Waals surface area contributed by atoms with E-state index in [0.29, 0.717) is 0 Å². The van der Waals surface area contributed by atoms with Gasteiger partial charge in [0.2, 0.25) is 0 Å². The SMILES string of the molecule is Cl.Cl.[CH2]=[Zr]([CH3])([C]1=CC=CC1)([C]1=Cc2cc3c(cc2C1(C)C)Cc1cc2c(cc1-3)C=CC2(C)C)[c]1ccc(C)cc1. The first-order valence-corrected chi connectivity index (χ1v) is 22.0. The van der Waals surface area contributed by atoms with E-state index >= 15 is 0 Å². The number of allylic oxidation sites excluding steroid dienone is 6. The Hall–Kier alpha value is -2.05. The van der Waals surface area contributed by atoms with Gasteiger partial charge < -0.3 is 0 Å². The molecule has 3 aromatic rings. The van der Waals surface area contributed by atoms with Crippen LogP contribution in [0.3, 0.4) is 0 Å². The molecule has 0 aliphatic heterocycles. The average molecular weight is 647 g/mol. The van der Waals surface area contributed by atoms with Crippen LogP contribution in [0, 0.1) is 6.92 Å². The Morgan fingerprint density at radius 3 is 2.08 bits per heavy atom. The predicted molar refractivity (Wildman–Crippen MR) is 178 cm³/mol. The Kier molecular flexibility index (Phi) is 6.79. The number of hydrogen-bond acceptors (Lipinski definition) is 0. The van der Waals surface area contributed by atoms with Gasteiger partial charge in [-0.25, -0.2) is 0 Å². The fourth-order valence-corrected chi connectivity index (χ4v) is 22.0.